The maximum atomic E-state index is 10.9. The standard InChI is InChI=1S/C10H11NO6S/c12-4-7(13)5-18-9-3-6(11(16)17)1-2-8(9)10(14)15/h1-3,7,12-13H,4-5H2,(H,14,15). The van der Waals surface area contributed by atoms with Crippen molar-refractivity contribution in [1.29, 1.82) is 0 Å². The zero-order valence-electron chi connectivity index (χ0n) is 9.15. The van der Waals surface area contributed by atoms with Gasteiger partial charge in [-0.3, -0.25) is 10.1 Å². The van der Waals surface area contributed by atoms with Crippen molar-refractivity contribution in [2.24, 2.45) is 0 Å². The van der Waals surface area contributed by atoms with Gasteiger partial charge in [0.25, 0.3) is 5.69 Å². The SMILES string of the molecule is O=C(O)c1ccc([N+](=O)[O-])cc1SCC(O)CO. The summed E-state index contributed by atoms with van der Waals surface area (Å²) in [6.45, 7) is -0.454. The smallest absolute Gasteiger partial charge is 0.336 e. The van der Waals surface area contributed by atoms with E-state index < -0.39 is 23.6 Å². The number of benzene rings is 1. The van der Waals surface area contributed by atoms with Gasteiger partial charge in [0.15, 0.2) is 0 Å². The van der Waals surface area contributed by atoms with Gasteiger partial charge in [-0.2, -0.15) is 0 Å². The van der Waals surface area contributed by atoms with Crippen molar-refractivity contribution in [3.05, 3.63) is 33.9 Å². The Bertz CT molecular complexity index is 464. The highest BCUT2D eigenvalue weighted by atomic mass is 32.2. The molecule has 0 amide bonds. The number of hydrogen-bond acceptors (Lipinski definition) is 6. The molecule has 98 valence electrons. The topological polar surface area (TPSA) is 121 Å². The minimum Gasteiger partial charge on any atom is -0.478 e. The molecule has 18 heavy (non-hydrogen) atoms. The maximum absolute atomic E-state index is 10.9. The Labute approximate surface area is 106 Å². The summed E-state index contributed by atoms with van der Waals surface area (Å²) in [6, 6.07) is 3.39. The predicted octanol–water partition coefficient (Wildman–Crippen LogP) is 0.738. The lowest BCUT2D eigenvalue weighted by Gasteiger charge is -2.08. The number of nitrogens with zero attached hydrogens (tertiary/aromatic N) is 1. The normalized spacial score (nSPS) is 12.1. The molecule has 1 unspecified atom stereocenters. The lowest BCUT2D eigenvalue weighted by Crippen LogP contribution is -2.15. The fourth-order valence-electron chi connectivity index (χ4n) is 1.16. The Balaban J connectivity index is 3.00. The van der Waals surface area contributed by atoms with Crippen molar-refractivity contribution in [1.82, 2.24) is 0 Å². The first-order chi connectivity index (χ1) is 8.45. The van der Waals surface area contributed by atoms with Crippen LogP contribution >= 0.6 is 11.8 Å². The van der Waals surface area contributed by atoms with Crippen molar-refractivity contribution >= 4 is 23.4 Å². The molecule has 0 aliphatic heterocycles. The lowest BCUT2D eigenvalue weighted by atomic mass is 10.2. The van der Waals surface area contributed by atoms with E-state index in [1.165, 1.54) is 0 Å². The minimum absolute atomic E-state index is 0.0535. The van der Waals surface area contributed by atoms with E-state index in [0.717, 1.165) is 30.0 Å². The minimum atomic E-state index is -1.20. The van der Waals surface area contributed by atoms with Crippen LogP contribution in [-0.4, -0.2) is 44.7 Å². The number of aromatic carboxylic acids is 1. The van der Waals surface area contributed by atoms with Crippen molar-refractivity contribution in [3.8, 4) is 0 Å². The molecule has 0 saturated carbocycles. The number of carboxylic acids is 1. The Hall–Kier alpha value is -1.64. The highest BCUT2D eigenvalue weighted by Crippen LogP contribution is 2.27. The van der Waals surface area contributed by atoms with Crippen molar-refractivity contribution in [3.63, 3.8) is 0 Å². The number of aliphatic hydroxyl groups is 2. The summed E-state index contributed by atoms with van der Waals surface area (Å²) in [5.41, 5.74) is -0.295. The zero-order chi connectivity index (χ0) is 13.7. The Morgan fingerprint density at radius 3 is 2.67 bits per heavy atom. The van der Waals surface area contributed by atoms with E-state index in [1.807, 2.05) is 0 Å². The largest absolute Gasteiger partial charge is 0.478 e. The maximum Gasteiger partial charge on any atom is 0.336 e. The highest BCUT2D eigenvalue weighted by Gasteiger charge is 2.16. The van der Waals surface area contributed by atoms with Crippen molar-refractivity contribution < 1.29 is 25.0 Å². The van der Waals surface area contributed by atoms with Crippen LogP contribution in [-0.2, 0) is 0 Å². The molecule has 1 aromatic rings. The van der Waals surface area contributed by atoms with Crippen LogP contribution in [0.1, 0.15) is 10.4 Å². The first-order valence-electron chi connectivity index (χ1n) is 4.89. The summed E-state index contributed by atoms with van der Waals surface area (Å²) in [4.78, 5) is 21.1. The number of aliphatic hydroxyl groups excluding tert-OH is 2. The second kappa shape index (κ2) is 6.34. The fourth-order valence-corrected chi connectivity index (χ4v) is 2.15. The lowest BCUT2D eigenvalue weighted by molar-refractivity contribution is -0.385. The molecule has 0 aliphatic carbocycles. The molecule has 0 radical (unpaired) electrons. The average molecular weight is 273 g/mol. The van der Waals surface area contributed by atoms with Gasteiger partial charge in [-0.05, 0) is 6.07 Å². The van der Waals surface area contributed by atoms with Gasteiger partial charge in [0.1, 0.15) is 0 Å². The third-order valence-corrected chi connectivity index (χ3v) is 3.25. The van der Waals surface area contributed by atoms with Crippen molar-refractivity contribution in [2.45, 2.75) is 11.0 Å². The summed E-state index contributed by atoms with van der Waals surface area (Å²) in [5.74, 6) is -1.15. The van der Waals surface area contributed by atoms with Gasteiger partial charge in [0, 0.05) is 22.8 Å². The van der Waals surface area contributed by atoms with Crippen LogP contribution in [0.3, 0.4) is 0 Å². The van der Waals surface area contributed by atoms with Crippen LogP contribution in [0, 0.1) is 10.1 Å². The van der Waals surface area contributed by atoms with Crippen LogP contribution in [0.5, 0.6) is 0 Å². The van der Waals surface area contributed by atoms with Crippen LogP contribution in [0.25, 0.3) is 0 Å². The van der Waals surface area contributed by atoms with Crippen molar-refractivity contribution in [2.75, 3.05) is 12.4 Å². The third kappa shape index (κ3) is 3.69. The Morgan fingerprint density at radius 1 is 1.50 bits per heavy atom. The molecular formula is C10H11NO6S. The van der Waals surface area contributed by atoms with Gasteiger partial charge in [-0.1, -0.05) is 0 Å². The second-order valence-corrected chi connectivity index (χ2v) is 4.45. The Morgan fingerprint density at radius 2 is 2.17 bits per heavy atom. The molecular weight excluding hydrogens is 262 g/mol. The Kier molecular flexibility index (Phi) is 5.08. The zero-order valence-corrected chi connectivity index (χ0v) is 9.96. The van der Waals surface area contributed by atoms with E-state index in [1.54, 1.807) is 0 Å². The number of nitro benzene ring substituents is 1. The summed E-state index contributed by atoms with van der Waals surface area (Å²) in [6.07, 6.45) is -1.00. The molecule has 1 aromatic carbocycles. The van der Waals surface area contributed by atoms with E-state index in [2.05, 4.69) is 0 Å². The van der Waals surface area contributed by atoms with E-state index >= 15 is 0 Å². The van der Waals surface area contributed by atoms with Crippen LogP contribution < -0.4 is 0 Å². The number of nitro groups is 1. The van der Waals surface area contributed by atoms with Crippen LogP contribution in [0.15, 0.2) is 23.1 Å². The first kappa shape index (κ1) is 14.4. The molecule has 0 spiro atoms. The van der Waals surface area contributed by atoms with E-state index in [4.69, 9.17) is 10.2 Å². The highest BCUT2D eigenvalue weighted by molar-refractivity contribution is 7.99. The van der Waals surface area contributed by atoms with Gasteiger partial charge < -0.3 is 15.3 Å². The van der Waals surface area contributed by atoms with E-state index in [-0.39, 0.29) is 21.9 Å². The summed E-state index contributed by atoms with van der Waals surface area (Å²) < 4.78 is 0. The predicted molar refractivity (Wildman–Crippen MR) is 63.9 cm³/mol. The first-order valence-corrected chi connectivity index (χ1v) is 5.87. The number of carboxylic acid groups (broad SMARTS) is 1. The molecule has 0 bridgehead atoms. The third-order valence-electron chi connectivity index (χ3n) is 2.05. The molecule has 0 aromatic heterocycles. The number of thioether (sulfide) groups is 1. The molecule has 0 saturated heterocycles. The van der Waals surface area contributed by atoms with E-state index in [0.29, 0.717) is 0 Å². The van der Waals surface area contributed by atoms with Gasteiger partial charge in [-0.15, -0.1) is 11.8 Å². The molecule has 1 rings (SSSR count). The molecule has 0 heterocycles. The number of non-ortho nitro benzene ring substituents is 1. The number of carbonyl (C=O) groups is 1. The van der Waals surface area contributed by atoms with Crippen LogP contribution in [0.2, 0.25) is 0 Å². The van der Waals surface area contributed by atoms with Gasteiger partial charge >= 0.3 is 5.97 Å². The summed E-state index contributed by atoms with van der Waals surface area (Å²) >= 11 is 0.944. The molecule has 1 atom stereocenters. The van der Waals surface area contributed by atoms with Gasteiger partial charge in [0.2, 0.25) is 0 Å². The molecule has 3 N–H and O–H groups in total. The van der Waals surface area contributed by atoms with Gasteiger partial charge in [0.05, 0.1) is 23.2 Å². The van der Waals surface area contributed by atoms with Crippen LogP contribution in [0.4, 0.5) is 5.69 Å². The summed E-state index contributed by atoms with van der Waals surface area (Å²) in [5, 5.41) is 37.3. The molecule has 8 heteroatoms. The van der Waals surface area contributed by atoms with E-state index in [9.17, 15) is 20.0 Å². The second-order valence-electron chi connectivity index (χ2n) is 3.39. The average Bonchev–Trinajstić information content (AvgIpc) is 2.35. The molecule has 7 nitrogen and oxygen atoms in total. The quantitative estimate of drug-likeness (QED) is 0.397. The fraction of sp³-hybridized carbons (Fsp3) is 0.300. The number of hydrogen-bond donors (Lipinski definition) is 3. The summed E-state index contributed by atoms with van der Waals surface area (Å²) in [7, 11) is 0. The van der Waals surface area contributed by atoms with Gasteiger partial charge in [-0.25, -0.2) is 4.79 Å². The number of rotatable bonds is 6. The monoisotopic (exact) mass is 273 g/mol. The molecule has 0 aliphatic rings. The molecule has 0 fully saturated rings.